The van der Waals surface area contributed by atoms with Gasteiger partial charge in [-0.15, -0.1) is 0 Å². The summed E-state index contributed by atoms with van der Waals surface area (Å²) < 4.78 is 11.0. The molecule has 0 saturated carbocycles. The predicted molar refractivity (Wildman–Crippen MR) is 145 cm³/mol. The number of aliphatic hydroxyl groups is 1. The molecule has 1 unspecified atom stereocenters. The van der Waals surface area contributed by atoms with Crippen molar-refractivity contribution in [2.45, 2.75) is 142 Å². The van der Waals surface area contributed by atoms with Crippen molar-refractivity contribution in [3.05, 3.63) is 24.3 Å². The van der Waals surface area contributed by atoms with Crippen molar-refractivity contribution < 1.29 is 19.4 Å². The smallest absolute Gasteiger partial charge is 0.306 e. The summed E-state index contributed by atoms with van der Waals surface area (Å²) in [5, 5.41) is 9.45. The van der Waals surface area contributed by atoms with Gasteiger partial charge in [0.05, 0.1) is 13.2 Å². The highest BCUT2D eigenvalue weighted by Crippen LogP contribution is 2.10. The van der Waals surface area contributed by atoms with Gasteiger partial charge in [-0.1, -0.05) is 115 Å². The number of ether oxygens (including phenoxy) is 2. The van der Waals surface area contributed by atoms with Gasteiger partial charge in [0.25, 0.3) is 0 Å². The Kier molecular flexibility index (Phi) is 27.2. The van der Waals surface area contributed by atoms with Crippen molar-refractivity contribution >= 4 is 5.97 Å². The summed E-state index contributed by atoms with van der Waals surface area (Å²) in [4.78, 5) is 12.0. The van der Waals surface area contributed by atoms with Crippen LogP contribution < -0.4 is 0 Å². The van der Waals surface area contributed by atoms with Gasteiger partial charge in [-0.05, 0) is 38.5 Å². The molecule has 4 nitrogen and oxygen atoms in total. The number of carbonyl (C=O) groups excluding carboxylic acids is 1. The first kappa shape index (κ1) is 32.9. The molecule has 0 amide bonds. The van der Waals surface area contributed by atoms with E-state index >= 15 is 0 Å². The minimum Gasteiger partial charge on any atom is -0.457 e. The summed E-state index contributed by atoms with van der Waals surface area (Å²) in [6, 6.07) is 0. The van der Waals surface area contributed by atoms with Crippen molar-refractivity contribution in [3.63, 3.8) is 0 Å². The zero-order valence-electron chi connectivity index (χ0n) is 22.6. The lowest BCUT2D eigenvalue weighted by Crippen LogP contribution is -2.27. The molecule has 0 fully saturated rings. The first-order valence-electron chi connectivity index (χ1n) is 14.4. The number of allylic oxidation sites excluding steroid dienone is 4. The largest absolute Gasteiger partial charge is 0.457 e. The van der Waals surface area contributed by atoms with E-state index in [1.807, 2.05) is 0 Å². The third-order valence-corrected chi connectivity index (χ3v) is 6.03. The van der Waals surface area contributed by atoms with E-state index in [1.165, 1.54) is 77.0 Å². The summed E-state index contributed by atoms with van der Waals surface area (Å²) >= 11 is 0. The van der Waals surface area contributed by atoms with Gasteiger partial charge in [-0.25, -0.2) is 0 Å². The van der Waals surface area contributed by atoms with E-state index in [0.29, 0.717) is 19.6 Å². The maximum Gasteiger partial charge on any atom is 0.306 e. The Balaban J connectivity index is 3.51. The third kappa shape index (κ3) is 25.5. The summed E-state index contributed by atoms with van der Waals surface area (Å²) in [7, 11) is 0. The molecule has 0 spiro atoms. The lowest BCUT2D eigenvalue weighted by atomic mass is 10.1. The van der Waals surface area contributed by atoms with Gasteiger partial charge in [0.1, 0.15) is 6.10 Å². The maximum absolute atomic E-state index is 12.0. The molecule has 0 heterocycles. The molecule has 0 aliphatic rings. The third-order valence-electron chi connectivity index (χ3n) is 6.03. The van der Waals surface area contributed by atoms with E-state index in [0.717, 1.165) is 38.5 Å². The second-order valence-corrected chi connectivity index (χ2v) is 9.47. The quantitative estimate of drug-likeness (QED) is 0.0766. The van der Waals surface area contributed by atoms with Gasteiger partial charge >= 0.3 is 5.97 Å². The van der Waals surface area contributed by atoms with Gasteiger partial charge in [0, 0.05) is 13.0 Å². The molecule has 1 N–H and O–H groups in total. The predicted octanol–water partition coefficient (Wildman–Crippen LogP) is 8.47. The van der Waals surface area contributed by atoms with Crippen molar-refractivity contribution in [2.24, 2.45) is 0 Å². The molecule has 0 aromatic heterocycles. The van der Waals surface area contributed by atoms with Crippen LogP contribution in [0.3, 0.4) is 0 Å². The first-order valence-corrected chi connectivity index (χ1v) is 14.4. The lowest BCUT2D eigenvalue weighted by Gasteiger charge is -2.15. The number of esters is 1. The average Bonchev–Trinajstić information content (AvgIpc) is 2.84. The molecule has 0 radical (unpaired) electrons. The van der Waals surface area contributed by atoms with Crippen molar-refractivity contribution in [1.82, 2.24) is 0 Å². The Morgan fingerprint density at radius 3 is 1.91 bits per heavy atom. The van der Waals surface area contributed by atoms with Gasteiger partial charge in [-0.2, -0.15) is 0 Å². The van der Waals surface area contributed by atoms with Gasteiger partial charge in [0.2, 0.25) is 0 Å². The lowest BCUT2D eigenvalue weighted by molar-refractivity contribution is -0.154. The Morgan fingerprint density at radius 2 is 1.26 bits per heavy atom. The molecule has 4 heteroatoms. The van der Waals surface area contributed by atoms with Crippen LogP contribution in [0.4, 0.5) is 0 Å². The normalized spacial score (nSPS) is 12.7. The monoisotopic (exact) mass is 480 g/mol. The van der Waals surface area contributed by atoms with Crippen LogP contribution in [0.25, 0.3) is 0 Å². The highest BCUT2D eigenvalue weighted by Gasteiger charge is 2.13. The topological polar surface area (TPSA) is 55.8 Å². The fourth-order valence-electron chi connectivity index (χ4n) is 3.81. The molecule has 200 valence electrons. The van der Waals surface area contributed by atoms with Crippen LogP contribution in [0.5, 0.6) is 0 Å². The molecule has 0 rings (SSSR count). The number of aliphatic hydroxyl groups excluding tert-OH is 1. The highest BCUT2D eigenvalue weighted by molar-refractivity contribution is 5.69. The number of hydrogen-bond donors (Lipinski definition) is 1. The zero-order valence-corrected chi connectivity index (χ0v) is 22.6. The van der Waals surface area contributed by atoms with Crippen LogP contribution in [0, 0.1) is 0 Å². The second-order valence-electron chi connectivity index (χ2n) is 9.47. The number of rotatable bonds is 26. The van der Waals surface area contributed by atoms with E-state index in [4.69, 9.17) is 9.47 Å². The zero-order chi connectivity index (χ0) is 25.0. The highest BCUT2D eigenvalue weighted by atomic mass is 16.6. The maximum atomic E-state index is 12.0. The Morgan fingerprint density at radius 1 is 0.706 bits per heavy atom. The number of unbranched alkanes of at least 4 members (excludes halogenated alkanes) is 14. The van der Waals surface area contributed by atoms with Crippen LogP contribution in [0.1, 0.15) is 136 Å². The average molecular weight is 481 g/mol. The second kappa shape index (κ2) is 28.1. The van der Waals surface area contributed by atoms with Crippen LogP contribution in [-0.4, -0.2) is 37.0 Å². The van der Waals surface area contributed by atoms with Crippen LogP contribution in [0.15, 0.2) is 24.3 Å². The molecule has 34 heavy (non-hydrogen) atoms. The molecule has 0 aliphatic heterocycles. The van der Waals surface area contributed by atoms with Crippen LogP contribution in [0.2, 0.25) is 0 Å². The number of hydrogen-bond acceptors (Lipinski definition) is 4. The fraction of sp³-hybridized carbons (Fsp3) is 0.833. The van der Waals surface area contributed by atoms with E-state index in [-0.39, 0.29) is 12.6 Å². The van der Waals surface area contributed by atoms with Gasteiger partial charge in [0.15, 0.2) is 0 Å². The minimum atomic E-state index is -0.533. The fourth-order valence-corrected chi connectivity index (χ4v) is 3.81. The SMILES string of the molecule is CCCC/C=C\C/C=C\CCCCCCCC(=O)OC(CO)COCCCCCCCCCC. The molecule has 0 aliphatic carbocycles. The standard InChI is InChI=1S/C30H56O4/c1-3-5-7-9-11-13-14-15-16-17-18-19-21-23-25-30(32)34-29(27-31)28-33-26-24-22-20-12-10-8-6-4-2/h9,11,14-15,29,31H,3-8,10,12-13,16-28H2,1-2H3/b11-9-,15-14-. The van der Waals surface area contributed by atoms with E-state index < -0.39 is 6.10 Å². The van der Waals surface area contributed by atoms with Crippen molar-refractivity contribution in [2.75, 3.05) is 19.8 Å². The van der Waals surface area contributed by atoms with E-state index in [9.17, 15) is 9.90 Å². The first-order chi connectivity index (χ1) is 16.7. The Hall–Kier alpha value is -1.13. The van der Waals surface area contributed by atoms with Crippen molar-refractivity contribution in [1.29, 1.82) is 0 Å². The Labute approximate surface area is 211 Å². The summed E-state index contributed by atoms with van der Waals surface area (Å²) in [6.07, 6.45) is 30.5. The molecule has 0 saturated heterocycles. The molecular formula is C30H56O4. The van der Waals surface area contributed by atoms with Gasteiger partial charge < -0.3 is 14.6 Å². The summed E-state index contributed by atoms with van der Waals surface area (Å²) in [5.74, 6) is -0.218. The van der Waals surface area contributed by atoms with Crippen molar-refractivity contribution in [3.8, 4) is 0 Å². The van der Waals surface area contributed by atoms with Crippen LogP contribution >= 0.6 is 0 Å². The number of carbonyl (C=O) groups is 1. The van der Waals surface area contributed by atoms with E-state index in [1.54, 1.807) is 0 Å². The molecule has 0 bridgehead atoms. The van der Waals surface area contributed by atoms with Crippen LogP contribution in [-0.2, 0) is 14.3 Å². The molecular weight excluding hydrogens is 424 g/mol. The Bertz CT molecular complexity index is 472. The summed E-state index contributed by atoms with van der Waals surface area (Å²) in [5.41, 5.74) is 0. The molecule has 0 aromatic carbocycles. The van der Waals surface area contributed by atoms with Gasteiger partial charge in [-0.3, -0.25) is 4.79 Å². The van der Waals surface area contributed by atoms with E-state index in [2.05, 4.69) is 38.2 Å². The molecule has 0 aromatic rings. The summed E-state index contributed by atoms with van der Waals surface area (Å²) in [6.45, 7) is 5.26. The molecule has 1 atom stereocenters. The minimum absolute atomic E-state index is 0.175.